The quantitative estimate of drug-likeness (QED) is 0.208. The summed E-state index contributed by atoms with van der Waals surface area (Å²) in [6.07, 6.45) is 4.14. The number of methoxy groups -OCH3 is 2. The van der Waals surface area contributed by atoms with Crippen molar-refractivity contribution in [1.82, 2.24) is 15.0 Å². The van der Waals surface area contributed by atoms with Crippen LogP contribution in [0, 0.1) is 5.92 Å². The molecule has 0 unspecified atom stereocenters. The van der Waals surface area contributed by atoms with Crippen molar-refractivity contribution in [2.45, 2.75) is 76.0 Å². The molecule has 1 spiro atoms. The van der Waals surface area contributed by atoms with Crippen molar-refractivity contribution < 1.29 is 28.9 Å². The van der Waals surface area contributed by atoms with Crippen LogP contribution in [0.15, 0.2) is 72.9 Å². The number of aliphatic hydroxyl groups excluding tert-OH is 1. The third-order valence-corrected chi connectivity index (χ3v) is 15.7. The normalized spacial score (nSPS) is 23.1. The van der Waals surface area contributed by atoms with Crippen LogP contribution >= 0.6 is 0 Å². The SMILES string of the molecule is COc1ccc([Si](C)(C)[C@@H]2[C@@H](CCn3cc(CCO)nn3)O[C@]3(C(=O)N(Cc4ccc(N5CCCC5=O)cc4)c4ccc(OC)cc43)[C@H]2C)cc1. The van der Waals surface area contributed by atoms with Gasteiger partial charge >= 0.3 is 0 Å². The van der Waals surface area contributed by atoms with E-state index in [4.69, 9.17) is 14.2 Å². The summed E-state index contributed by atoms with van der Waals surface area (Å²) < 4.78 is 20.3. The Labute approximate surface area is 300 Å². The molecule has 2 amide bonds. The molecule has 2 saturated heterocycles. The zero-order valence-corrected chi connectivity index (χ0v) is 31.0. The van der Waals surface area contributed by atoms with Gasteiger partial charge in [0.1, 0.15) is 11.5 Å². The first-order valence-electron chi connectivity index (χ1n) is 17.8. The Morgan fingerprint density at radius 3 is 2.39 bits per heavy atom. The Morgan fingerprint density at radius 1 is 1.00 bits per heavy atom. The van der Waals surface area contributed by atoms with Gasteiger partial charge in [-0.15, -0.1) is 5.10 Å². The lowest BCUT2D eigenvalue weighted by atomic mass is 9.82. The van der Waals surface area contributed by atoms with Gasteiger partial charge in [-0.2, -0.15) is 0 Å². The first-order chi connectivity index (χ1) is 24.6. The number of carbonyl (C=O) groups is 2. The fourth-order valence-corrected chi connectivity index (χ4v) is 12.7. The number of nitrogens with zero attached hydrogens (tertiary/aromatic N) is 5. The molecule has 11 nitrogen and oxygen atoms in total. The monoisotopic (exact) mass is 709 g/mol. The average molecular weight is 710 g/mol. The molecule has 4 atom stereocenters. The minimum atomic E-state index is -2.33. The van der Waals surface area contributed by atoms with Gasteiger partial charge in [-0.25, -0.2) is 0 Å². The number of hydrogen-bond acceptors (Lipinski definition) is 8. The van der Waals surface area contributed by atoms with Crippen molar-refractivity contribution in [2.24, 2.45) is 5.92 Å². The third kappa shape index (κ3) is 6.12. The maximum atomic E-state index is 15.2. The highest BCUT2D eigenvalue weighted by Crippen LogP contribution is 2.60. The van der Waals surface area contributed by atoms with Gasteiger partial charge in [-0.05, 0) is 66.4 Å². The molecule has 7 rings (SSSR count). The third-order valence-electron chi connectivity index (χ3n) is 11.3. The fraction of sp³-hybridized carbons (Fsp3) is 0.436. The summed E-state index contributed by atoms with van der Waals surface area (Å²) in [6, 6.07) is 22.2. The maximum Gasteiger partial charge on any atom is 0.264 e. The Kier molecular flexibility index (Phi) is 9.51. The van der Waals surface area contributed by atoms with Crippen LogP contribution in [0.5, 0.6) is 11.5 Å². The summed E-state index contributed by atoms with van der Waals surface area (Å²) in [6.45, 7) is 8.60. The highest BCUT2D eigenvalue weighted by molar-refractivity contribution is 6.91. The van der Waals surface area contributed by atoms with Gasteiger partial charge in [0, 0.05) is 55.9 Å². The van der Waals surface area contributed by atoms with Crippen molar-refractivity contribution in [3.8, 4) is 11.5 Å². The maximum absolute atomic E-state index is 15.2. The molecule has 268 valence electrons. The number of ether oxygens (including phenoxy) is 3. The number of rotatable bonds is 12. The van der Waals surface area contributed by atoms with E-state index in [0.717, 1.165) is 46.9 Å². The molecule has 3 aliphatic rings. The van der Waals surface area contributed by atoms with E-state index in [1.54, 1.807) is 14.2 Å². The van der Waals surface area contributed by atoms with Crippen LogP contribution in [-0.4, -0.2) is 73.5 Å². The minimum Gasteiger partial charge on any atom is -0.497 e. The van der Waals surface area contributed by atoms with Crippen LogP contribution in [0.4, 0.5) is 11.4 Å². The van der Waals surface area contributed by atoms with Crippen LogP contribution in [0.2, 0.25) is 18.6 Å². The highest BCUT2D eigenvalue weighted by Gasteiger charge is 2.66. The number of aromatic nitrogens is 3. The van der Waals surface area contributed by atoms with Crippen molar-refractivity contribution in [3.63, 3.8) is 0 Å². The van der Waals surface area contributed by atoms with E-state index < -0.39 is 13.7 Å². The summed E-state index contributed by atoms with van der Waals surface area (Å²) in [5.74, 6) is 1.38. The average Bonchev–Trinajstić information content (AvgIpc) is 3.90. The Balaban J connectivity index is 1.26. The van der Waals surface area contributed by atoms with Crippen molar-refractivity contribution >= 4 is 36.4 Å². The molecule has 0 bridgehead atoms. The van der Waals surface area contributed by atoms with Gasteiger partial charge < -0.3 is 29.1 Å². The lowest BCUT2D eigenvalue weighted by Crippen LogP contribution is -2.51. The number of aryl methyl sites for hydroxylation is 1. The second-order valence-corrected chi connectivity index (χ2v) is 19.2. The van der Waals surface area contributed by atoms with E-state index in [0.29, 0.717) is 38.1 Å². The highest BCUT2D eigenvalue weighted by atomic mass is 28.3. The fourth-order valence-electron chi connectivity index (χ4n) is 8.67. The zero-order valence-electron chi connectivity index (χ0n) is 30.0. The molecular weight excluding hydrogens is 663 g/mol. The van der Waals surface area contributed by atoms with E-state index >= 15 is 4.79 Å². The lowest BCUT2D eigenvalue weighted by Gasteiger charge is -2.37. The standard InChI is InChI=1S/C39H47N5O6Si/c1-26-37(51(4,5)32-15-12-30(48-2)13-16-32)35(18-21-42-25-28(19-22-45)40-41-42)50-39(26)33-23-31(49-3)14-17-34(33)44(38(39)47)24-27-8-10-29(11-9-27)43-20-6-7-36(43)46/h8-17,23,25-26,35,37,45H,6-7,18-22,24H2,1-5H3/t26-,35+,37-,39+/m0/s1. The molecule has 0 aliphatic carbocycles. The van der Waals surface area contributed by atoms with Gasteiger partial charge in [0.15, 0.2) is 5.60 Å². The van der Waals surface area contributed by atoms with Crippen molar-refractivity contribution in [1.29, 1.82) is 0 Å². The summed E-state index contributed by atoms with van der Waals surface area (Å²) in [4.78, 5) is 31.2. The molecular formula is C39H47N5O6Si. The summed E-state index contributed by atoms with van der Waals surface area (Å²) in [5.41, 5.74) is 3.08. The molecule has 3 aliphatic heterocycles. The molecule has 2 fully saturated rings. The molecule has 51 heavy (non-hydrogen) atoms. The van der Waals surface area contributed by atoms with Gasteiger partial charge in [0.2, 0.25) is 5.91 Å². The van der Waals surface area contributed by atoms with E-state index in [1.807, 2.05) is 75.3 Å². The predicted molar refractivity (Wildman–Crippen MR) is 197 cm³/mol. The van der Waals surface area contributed by atoms with Crippen molar-refractivity contribution in [3.05, 3.63) is 89.7 Å². The number of fused-ring (bicyclic) bond motifs is 2. The Hall–Kier alpha value is -4.52. The van der Waals surface area contributed by atoms with Gasteiger partial charge in [-0.3, -0.25) is 14.3 Å². The molecule has 12 heteroatoms. The summed E-state index contributed by atoms with van der Waals surface area (Å²) in [7, 11) is 0.980. The molecule has 4 heterocycles. The molecule has 1 N–H and O–H groups in total. The smallest absolute Gasteiger partial charge is 0.264 e. The topological polar surface area (TPSA) is 119 Å². The molecule has 0 saturated carbocycles. The molecule has 0 radical (unpaired) electrons. The van der Waals surface area contributed by atoms with Crippen LogP contribution in [0.1, 0.15) is 43.0 Å². The van der Waals surface area contributed by atoms with Crippen LogP contribution in [-0.2, 0) is 39.4 Å². The number of anilines is 2. The zero-order chi connectivity index (χ0) is 35.9. The van der Waals surface area contributed by atoms with Gasteiger partial charge in [-0.1, -0.05) is 54.7 Å². The second-order valence-electron chi connectivity index (χ2n) is 14.5. The molecule has 3 aromatic carbocycles. The number of carbonyl (C=O) groups excluding carboxylic acids is 2. The number of amides is 2. The Bertz CT molecular complexity index is 1900. The minimum absolute atomic E-state index is 0.0118. The van der Waals surface area contributed by atoms with Gasteiger partial charge in [0.25, 0.3) is 5.91 Å². The number of hydrogen-bond donors (Lipinski definition) is 1. The predicted octanol–water partition coefficient (Wildman–Crippen LogP) is 4.81. The summed E-state index contributed by atoms with van der Waals surface area (Å²) >= 11 is 0. The number of aliphatic hydroxyl groups is 1. The van der Waals surface area contributed by atoms with Gasteiger partial charge in [0.05, 0.1) is 46.3 Å². The van der Waals surface area contributed by atoms with Crippen LogP contribution in [0.25, 0.3) is 0 Å². The van der Waals surface area contributed by atoms with Crippen LogP contribution < -0.4 is 24.5 Å². The first kappa shape index (κ1) is 34.9. The van der Waals surface area contributed by atoms with Crippen molar-refractivity contribution in [2.75, 3.05) is 37.2 Å². The summed E-state index contributed by atoms with van der Waals surface area (Å²) in [5, 5.41) is 19.2. The lowest BCUT2D eigenvalue weighted by molar-refractivity contribution is -0.146. The van der Waals surface area contributed by atoms with E-state index in [1.165, 1.54) is 5.19 Å². The van der Waals surface area contributed by atoms with E-state index in [2.05, 4.69) is 42.5 Å². The second kappa shape index (κ2) is 13.9. The first-order valence-corrected chi connectivity index (χ1v) is 20.9. The van der Waals surface area contributed by atoms with Crippen LogP contribution in [0.3, 0.4) is 0 Å². The van der Waals surface area contributed by atoms with E-state index in [-0.39, 0.29) is 36.0 Å². The van der Waals surface area contributed by atoms with E-state index in [9.17, 15) is 9.90 Å². The largest absolute Gasteiger partial charge is 0.497 e. The molecule has 4 aromatic rings. The molecule has 1 aromatic heterocycles. The Morgan fingerprint density at radius 2 is 1.73 bits per heavy atom. The number of benzene rings is 3.